The Labute approximate surface area is 188 Å². The molecule has 0 radical (unpaired) electrons. The molecule has 1 saturated heterocycles. The van der Waals surface area contributed by atoms with E-state index in [1.165, 1.54) is 6.07 Å². The number of halogens is 3. The van der Waals surface area contributed by atoms with Gasteiger partial charge >= 0.3 is 6.18 Å². The molecule has 0 bridgehead atoms. The van der Waals surface area contributed by atoms with Gasteiger partial charge in [0.05, 0.1) is 11.6 Å². The molecule has 1 aromatic carbocycles. The van der Waals surface area contributed by atoms with Gasteiger partial charge in [0, 0.05) is 44.3 Å². The normalized spacial score (nSPS) is 27.9. The lowest BCUT2D eigenvalue weighted by atomic mass is 9.92. The summed E-state index contributed by atoms with van der Waals surface area (Å²) in [6.45, 7) is 1.81. The van der Waals surface area contributed by atoms with Crippen LogP contribution in [0.3, 0.4) is 0 Å². The lowest BCUT2D eigenvalue weighted by molar-refractivity contribution is -0.137. The third kappa shape index (κ3) is 5.51. The van der Waals surface area contributed by atoms with Gasteiger partial charge in [0.15, 0.2) is 11.2 Å². The first kappa shape index (κ1) is 23.6. The molecule has 7 nitrogen and oxygen atoms in total. The van der Waals surface area contributed by atoms with Crippen molar-refractivity contribution in [3.8, 4) is 0 Å². The number of nitrogens with zero attached hydrogens (tertiary/aromatic N) is 1. The SMILES string of the molecule is NS(=O)NC1CN(C(=O)[C@H]2CCC(NC3CCOCC3)C2)Cc2cc(C(F)(F)F)ccc21. The van der Waals surface area contributed by atoms with Crippen molar-refractivity contribution in [2.24, 2.45) is 11.1 Å². The first-order chi connectivity index (χ1) is 15.2. The Morgan fingerprint density at radius 2 is 1.91 bits per heavy atom. The zero-order valence-corrected chi connectivity index (χ0v) is 18.5. The quantitative estimate of drug-likeness (QED) is 0.609. The van der Waals surface area contributed by atoms with E-state index in [0.717, 1.165) is 51.0 Å². The van der Waals surface area contributed by atoms with Crippen molar-refractivity contribution in [3.63, 3.8) is 0 Å². The Balaban J connectivity index is 1.46. The first-order valence-corrected chi connectivity index (χ1v) is 12.2. The molecule has 1 amide bonds. The highest BCUT2D eigenvalue weighted by Crippen LogP contribution is 2.36. The van der Waals surface area contributed by atoms with Gasteiger partial charge in [-0.3, -0.25) is 4.79 Å². The molecule has 2 fully saturated rings. The van der Waals surface area contributed by atoms with Gasteiger partial charge in [0.2, 0.25) is 5.91 Å². The fourth-order valence-electron chi connectivity index (χ4n) is 5.07. The van der Waals surface area contributed by atoms with E-state index in [1.54, 1.807) is 4.90 Å². The molecule has 0 spiro atoms. The minimum Gasteiger partial charge on any atom is -0.381 e. The summed E-state index contributed by atoms with van der Waals surface area (Å²) in [7, 11) is 0. The largest absolute Gasteiger partial charge is 0.416 e. The van der Waals surface area contributed by atoms with Crippen molar-refractivity contribution in [1.29, 1.82) is 0 Å². The summed E-state index contributed by atoms with van der Waals surface area (Å²) in [6, 6.07) is 3.53. The molecular formula is C21H29F3N4O3S. The van der Waals surface area contributed by atoms with E-state index in [0.29, 0.717) is 23.6 Å². The number of ether oxygens (including phenoxy) is 1. The second-order valence-corrected chi connectivity index (χ2v) is 9.69. The average molecular weight is 475 g/mol. The van der Waals surface area contributed by atoms with E-state index in [1.807, 2.05) is 0 Å². The van der Waals surface area contributed by atoms with Gasteiger partial charge in [0.25, 0.3) is 0 Å². The molecule has 4 N–H and O–H groups in total. The highest BCUT2D eigenvalue weighted by Gasteiger charge is 2.38. The molecule has 1 aliphatic carbocycles. The Bertz CT molecular complexity index is 863. The number of carbonyl (C=O) groups is 1. The van der Waals surface area contributed by atoms with E-state index in [4.69, 9.17) is 9.88 Å². The fourth-order valence-corrected chi connectivity index (χ4v) is 5.55. The maximum absolute atomic E-state index is 13.3. The van der Waals surface area contributed by atoms with Gasteiger partial charge in [-0.1, -0.05) is 6.07 Å². The Hall–Kier alpha value is -1.53. The van der Waals surface area contributed by atoms with Crippen LogP contribution in [0.2, 0.25) is 0 Å². The minimum absolute atomic E-state index is 0.0704. The molecule has 1 saturated carbocycles. The molecule has 11 heteroatoms. The summed E-state index contributed by atoms with van der Waals surface area (Å²) in [5.74, 6) is -0.248. The standard InChI is InChI=1S/C21H29F3N4O3S/c22-21(23,24)15-2-4-18-14(9-15)11-28(12-19(18)27-32(25)30)20(29)13-1-3-17(10-13)26-16-5-7-31-8-6-16/h2,4,9,13,16-17,19,26-27H,1,3,5-8,10-12,25H2/t13-,17?,19?,32?/m0/s1. The lowest BCUT2D eigenvalue weighted by Gasteiger charge is -2.36. The third-order valence-electron chi connectivity index (χ3n) is 6.65. The lowest BCUT2D eigenvalue weighted by Crippen LogP contribution is -2.46. The van der Waals surface area contributed by atoms with Crippen molar-refractivity contribution in [1.82, 2.24) is 14.9 Å². The highest BCUT2D eigenvalue weighted by atomic mass is 32.2. The van der Waals surface area contributed by atoms with E-state index in [-0.39, 0.29) is 31.0 Å². The Morgan fingerprint density at radius 1 is 1.16 bits per heavy atom. The van der Waals surface area contributed by atoms with Crippen LogP contribution in [-0.2, 0) is 33.4 Å². The number of rotatable bonds is 5. The van der Waals surface area contributed by atoms with Crippen LogP contribution in [0.5, 0.6) is 0 Å². The monoisotopic (exact) mass is 474 g/mol. The van der Waals surface area contributed by atoms with Gasteiger partial charge in [-0.2, -0.15) is 13.2 Å². The number of nitrogens with one attached hydrogen (secondary N) is 2. The number of benzene rings is 1. The fraction of sp³-hybridized carbons (Fsp3) is 0.667. The van der Waals surface area contributed by atoms with Gasteiger partial charge < -0.3 is 15.0 Å². The topological polar surface area (TPSA) is 96.7 Å². The number of hydrogen-bond donors (Lipinski definition) is 3. The van der Waals surface area contributed by atoms with E-state index in [9.17, 15) is 22.2 Å². The van der Waals surface area contributed by atoms with Crippen LogP contribution in [-0.4, -0.2) is 46.9 Å². The smallest absolute Gasteiger partial charge is 0.381 e. The average Bonchev–Trinajstić information content (AvgIpc) is 3.20. The van der Waals surface area contributed by atoms with Crippen molar-refractivity contribution in [2.75, 3.05) is 19.8 Å². The molecule has 1 aromatic rings. The van der Waals surface area contributed by atoms with Crippen LogP contribution in [0, 0.1) is 5.92 Å². The van der Waals surface area contributed by atoms with Crippen LogP contribution >= 0.6 is 0 Å². The predicted molar refractivity (Wildman–Crippen MR) is 113 cm³/mol. The zero-order valence-electron chi connectivity index (χ0n) is 17.7. The Kier molecular flexibility index (Phi) is 7.21. The maximum atomic E-state index is 13.3. The predicted octanol–water partition coefficient (Wildman–Crippen LogP) is 2.15. The van der Waals surface area contributed by atoms with Crippen LogP contribution in [0.15, 0.2) is 18.2 Å². The number of amides is 1. The first-order valence-electron chi connectivity index (χ1n) is 11.0. The summed E-state index contributed by atoms with van der Waals surface area (Å²) in [6.07, 6.45) is -0.206. The van der Waals surface area contributed by atoms with E-state index < -0.39 is 29.0 Å². The number of carbonyl (C=O) groups excluding carboxylic acids is 1. The minimum atomic E-state index is -4.48. The van der Waals surface area contributed by atoms with E-state index >= 15 is 0 Å². The third-order valence-corrected chi connectivity index (χ3v) is 7.17. The summed E-state index contributed by atoms with van der Waals surface area (Å²) in [5, 5.41) is 9.03. The van der Waals surface area contributed by atoms with Crippen molar-refractivity contribution < 1.29 is 26.9 Å². The second kappa shape index (κ2) is 9.76. The number of nitrogens with two attached hydrogens (primary N) is 1. The molecule has 2 aliphatic heterocycles. The number of fused-ring (bicyclic) bond motifs is 1. The van der Waals surface area contributed by atoms with Gasteiger partial charge in [-0.15, -0.1) is 0 Å². The Morgan fingerprint density at radius 3 is 2.59 bits per heavy atom. The summed E-state index contributed by atoms with van der Waals surface area (Å²) in [4.78, 5) is 14.9. The van der Waals surface area contributed by atoms with Crippen LogP contribution < -0.4 is 15.2 Å². The van der Waals surface area contributed by atoms with Gasteiger partial charge in [-0.25, -0.2) is 14.1 Å². The molecule has 0 aromatic heterocycles. The molecular weight excluding hydrogens is 445 g/mol. The summed E-state index contributed by atoms with van der Waals surface area (Å²) >= 11 is -1.86. The van der Waals surface area contributed by atoms with Crippen molar-refractivity contribution >= 4 is 17.1 Å². The summed E-state index contributed by atoms with van der Waals surface area (Å²) < 4.78 is 59.3. The molecule has 178 valence electrons. The van der Waals surface area contributed by atoms with Crippen LogP contribution in [0.1, 0.15) is 54.8 Å². The molecule has 32 heavy (non-hydrogen) atoms. The van der Waals surface area contributed by atoms with Gasteiger partial charge in [0.1, 0.15) is 0 Å². The highest BCUT2D eigenvalue weighted by molar-refractivity contribution is 7.80. The van der Waals surface area contributed by atoms with Crippen molar-refractivity contribution in [3.05, 3.63) is 34.9 Å². The van der Waals surface area contributed by atoms with Crippen LogP contribution in [0.4, 0.5) is 13.2 Å². The molecule has 4 rings (SSSR count). The number of alkyl halides is 3. The van der Waals surface area contributed by atoms with Crippen LogP contribution in [0.25, 0.3) is 0 Å². The molecule has 2 heterocycles. The van der Waals surface area contributed by atoms with Gasteiger partial charge in [-0.05, 0) is 55.4 Å². The zero-order chi connectivity index (χ0) is 22.9. The second-order valence-electron chi connectivity index (χ2n) is 8.86. The summed E-state index contributed by atoms with van der Waals surface area (Å²) in [5.41, 5.74) is 0.225. The maximum Gasteiger partial charge on any atom is 0.416 e. The number of hydrogen-bond acceptors (Lipinski definition) is 4. The van der Waals surface area contributed by atoms with Crippen molar-refractivity contribution in [2.45, 2.75) is 63.0 Å². The molecule has 3 aliphatic rings. The molecule has 4 atom stereocenters. The molecule has 3 unspecified atom stereocenters. The van der Waals surface area contributed by atoms with E-state index in [2.05, 4.69) is 10.0 Å².